The van der Waals surface area contributed by atoms with Gasteiger partial charge in [0.1, 0.15) is 5.84 Å². The van der Waals surface area contributed by atoms with E-state index in [9.17, 15) is 0 Å². The molecule has 4 heteroatoms. The van der Waals surface area contributed by atoms with Crippen LogP contribution >= 0.6 is 0 Å². The van der Waals surface area contributed by atoms with Crippen LogP contribution in [-0.2, 0) is 4.74 Å². The van der Waals surface area contributed by atoms with Crippen molar-refractivity contribution in [3.8, 4) is 0 Å². The third-order valence-corrected chi connectivity index (χ3v) is 5.75. The van der Waals surface area contributed by atoms with Crippen molar-refractivity contribution < 1.29 is 4.74 Å². The van der Waals surface area contributed by atoms with Gasteiger partial charge in [-0.3, -0.25) is 9.89 Å². The minimum Gasteiger partial charge on any atom is -0.379 e. The maximum absolute atomic E-state index is 5.54. The molecule has 0 aliphatic carbocycles. The molecule has 1 atom stereocenters. The molecule has 0 radical (unpaired) electrons. The maximum atomic E-state index is 5.54. The number of benzene rings is 2. The largest absolute Gasteiger partial charge is 0.379 e. The van der Waals surface area contributed by atoms with Gasteiger partial charge in [-0.15, -0.1) is 0 Å². The van der Waals surface area contributed by atoms with Gasteiger partial charge >= 0.3 is 0 Å². The molecule has 28 heavy (non-hydrogen) atoms. The molecule has 1 fully saturated rings. The van der Waals surface area contributed by atoms with Gasteiger partial charge in [-0.1, -0.05) is 62.4 Å². The van der Waals surface area contributed by atoms with Crippen molar-refractivity contribution in [2.24, 2.45) is 10.4 Å². The van der Waals surface area contributed by atoms with E-state index in [1.165, 1.54) is 17.1 Å². The van der Waals surface area contributed by atoms with Gasteiger partial charge in [0.2, 0.25) is 0 Å². The Morgan fingerprint density at radius 3 is 2.29 bits per heavy atom. The third-order valence-electron chi connectivity index (χ3n) is 5.75. The summed E-state index contributed by atoms with van der Waals surface area (Å²) in [6, 6.07) is 21.9. The zero-order valence-electron chi connectivity index (χ0n) is 17.1. The van der Waals surface area contributed by atoms with Gasteiger partial charge in [0.25, 0.3) is 0 Å². The van der Waals surface area contributed by atoms with Crippen LogP contribution in [0.2, 0.25) is 0 Å². The summed E-state index contributed by atoms with van der Waals surface area (Å²) in [5.74, 6) is 1.20. The van der Waals surface area contributed by atoms with Crippen molar-refractivity contribution in [1.29, 1.82) is 0 Å². The molecule has 2 heterocycles. The van der Waals surface area contributed by atoms with Crippen molar-refractivity contribution in [3.05, 3.63) is 66.2 Å². The lowest BCUT2D eigenvalue weighted by Gasteiger charge is -2.45. The number of rotatable bonds is 5. The van der Waals surface area contributed by atoms with Crippen LogP contribution in [0.4, 0.5) is 5.69 Å². The number of hydrogen-bond acceptors (Lipinski definition) is 4. The van der Waals surface area contributed by atoms with Crippen LogP contribution in [0.25, 0.3) is 0 Å². The molecule has 1 unspecified atom stereocenters. The van der Waals surface area contributed by atoms with Gasteiger partial charge in [0.15, 0.2) is 0 Å². The predicted molar refractivity (Wildman–Crippen MR) is 116 cm³/mol. The second kappa shape index (κ2) is 8.46. The molecule has 1 saturated heterocycles. The first-order valence-corrected chi connectivity index (χ1v) is 10.4. The molecule has 2 aromatic rings. The minimum absolute atomic E-state index is 0.0410. The summed E-state index contributed by atoms with van der Waals surface area (Å²) in [7, 11) is 0. The van der Waals surface area contributed by atoms with E-state index < -0.39 is 0 Å². The minimum atomic E-state index is -0.0410. The zero-order chi connectivity index (χ0) is 19.4. The molecule has 0 aromatic heterocycles. The van der Waals surface area contributed by atoms with Crippen molar-refractivity contribution >= 4 is 11.5 Å². The van der Waals surface area contributed by atoms with Crippen LogP contribution < -0.4 is 4.90 Å². The molecule has 0 amide bonds. The summed E-state index contributed by atoms with van der Waals surface area (Å²) in [6.45, 7) is 10.2. The molecule has 4 rings (SSSR count). The summed E-state index contributed by atoms with van der Waals surface area (Å²) < 4.78 is 5.54. The Hall–Kier alpha value is -2.17. The molecule has 0 saturated carbocycles. The zero-order valence-corrected chi connectivity index (χ0v) is 17.1. The number of ether oxygens (including phenoxy) is 1. The fraction of sp³-hybridized carbons (Fsp3) is 0.458. The van der Waals surface area contributed by atoms with Crippen molar-refractivity contribution in [1.82, 2.24) is 4.90 Å². The quantitative estimate of drug-likeness (QED) is 0.773. The van der Waals surface area contributed by atoms with E-state index in [1.54, 1.807) is 0 Å². The van der Waals surface area contributed by atoms with Crippen LogP contribution in [-0.4, -0.2) is 50.1 Å². The Morgan fingerprint density at radius 1 is 0.964 bits per heavy atom. The molecule has 148 valence electrons. The summed E-state index contributed by atoms with van der Waals surface area (Å²) in [6.07, 6.45) is 1.04. The number of amidine groups is 1. The molecule has 0 N–H and O–H groups in total. The van der Waals surface area contributed by atoms with Crippen molar-refractivity contribution in [2.45, 2.75) is 26.3 Å². The number of nitrogens with zero attached hydrogens (tertiary/aromatic N) is 3. The molecule has 4 nitrogen and oxygen atoms in total. The van der Waals surface area contributed by atoms with Crippen LogP contribution in [0, 0.1) is 5.41 Å². The summed E-state index contributed by atoms with van der Waals surface area (Å²) in [5.41, 5.74) is 2.55. The lowest BCUT2D eigenvalue weighted by molar-refractivity contribution is 0.0283. The standard InChI is InChI=1S/C24H31N3O/c1-24(2,19-26-15-17-28-18-16-26)23-25-14-13-22(20-9-5-3-6-10-20)27(23)21-11-7-4-8-12-21/h3-12,22H,13-19H2,1-2H3. The van der Waals surface area contributed by atoms with Gasteiger partial charge in [-0.2, -0.15) is 0 Å². The van der Waals surface area contributed by atoms with Crippen molar-refractivity contribution in [2.75, 3.05) is 44.3 Å². The first kappa shape index (κ1) is 19.2. The van der Waals surface area contributed by atoms with Crippen LogP contribution in [0.15, 0.2) is 65.7 Å². The maximum Gasteiger partial charge on any atom is 0.111 e. The van der Waals surface area contributed by atoms with Gasteiger partial charge in [0.05, 0.1) is 19.3 Å². The number of hydrogen-bond donors (Lipinski definition) is 0. The second-order valence-electron chi connectivity index (χ2n) is 8.40. The normalized spacial score (nSPS) is 21.4. The molecule has 2 aromatic carbocycles. The first-order valence-electron chi connectivity index (χ1n) is 10.4. The molecular formula is C24H31N3O. The van der Waals surface area contributed by atoms with Gasteiger partial charge in [-0.05, 0) is 24.1 Å². The highest BCUT2D eigenvalue weighted by Crippen LogP contribution is 2.38. The fourth-order valence-electron chi connectivity index (χ4n) is 4.46. The highest BCUT2D eigenvalue weighted by atomic mass is 16.5. The van der Waals surface area contributed by atoms with Crippen molar-refractivity contribution in [3.63, 3.8) is 0 Å². The van der Waals surface area contributed by atoms with E-state index >= 15 is 0 Å². The Morgan fingerprint density at radius 2 is 1.61 bits per heavy atom. The molecule has 0 spiro atoms. The van der Waals surface area contributed by atoms with E-state index in [-0.39, 0.29) is 5.41 Å². The summed E-state index contributed by atoms with van der Waals surface area (Å²) in [5, 5.41) is 0. The Bertz CT molecular complexity index is 782. The van der Waals surface area contributed by atoms with Gasteiger partial charge in [-0.25, -0.2) is 0 Å². The second-order valence-corrected chi connectivity index (χ2v) is 8.40. The smallest absolute Gasteiger partial charge is 0.111 e. The highest BCUT2D eigenvalue weighted by Gasteiger charge is 2.38. The number of aliphatic imine (C=N–C) groups is 1. The van der Waals surface area contributed by atoms with Crippen LogP contribution in [0.5, 0.6) is 0 Å². The molecule has 2 aliphatic rings. The van der Waals surface area contributed by atoms with E-state index in [0.717, 1.165) is 45.8 Å². The topological polar surface area (TPSA) is 28.1 Å². The number of para-hydroxylation sites is 1. The Labute approximate surface area is 168 Å². The molecule has 0 bridgehead atoms. The first-order chi connectivity index (χ1) is 13.6. The summed E-state index contributed by atoms with van der Waals surface area (Å²) >= 11 is 0. The van der Waals surface area contributed by atoms with Gasteiger partial charge < -0.3 is 9.64 Å². The lowest BCUT2D eigenvalue weighted by Crippen LogP contribution is -2.52. The molecule has 2 aliphatic heterocycles. The van der Waals surface area contributed by atoms with E-state index in [1.807, 2.05) is 0 Å². The summed E-state index contributed by atoms with van der Waals surface area (Å²) in [4.78, 5) is 10.1. The Balaban J connectivity index is 1.68. The van der Waals surface area contributed by atoms with Crippen LogP contribution in [0.1, 0.15) is 31.9 Å². The average molecular weight is 378 g/mol. The predicted octanol–water partition coefficient (Wildman–Crippen LogP) is 4.39. The van der Waals surface area contributed by atoms with E-state index in [2.05, 4.69) is 84.3 Å². The van der Waals surface area contributed by atoms with Gasteiger partial charge in [0, 0.05) is 37.3 Å². The Kier molecular flexibility index (Phi) is 5.79. The lowest BCUT2D eigenvalue weighted by atomic mass is 9.86. The van der Waals surface area contributed by atoms with E-state index in [0.29, 0.717) is 6.04 Å². The fourth-order valence-corrected chi connectivity index (χ4v) is 4.46. The third kappa shape index (κ3) is 4.13. The SMILES string of the molecule is CC(C)(CN1CCOCC1)C1=NCCC(c2ccccc2)N1c1ccccc1. The highest BCUT2D eigenvalue weighted by molar-refractivity contribution is 6.02. The molecular weight excluding hydrogens is 346 g/mol. The van der Waals surface area contributed by atoms with E-state index in [4.69, 9.17) is 9.73 Å². The van der Waals surface area contributed by atoms with Crippen LogP contribution in [0.3, 0.4) is 0 Å². The average Bonchev–Trinajstić information content (AvgIpc) is 2.75. The number of morpholine rings is 1. The number of anilines is 1. The monoisotopic (exact) mass is 377 g/mol.